The maximum atomic E-state index is 12.2. The van der Waals surface area contributed by atoms with Crippen molar-refractivity contribution in [3.05, 3.63) is 65.9 Å². The number of furan rings is 1. The molecule has 0 fully saturated rings. The van der Waals surface area contributed by atoms with Gasteiger partial charge in [0.05, 0.1) is 18.4 Å². The van der Waals surface area contributed by atoms with Gasteiger partial charge in [-0.1, -0.05) is 12.1 Å². The Bertz CT molecular complexity index is 1020. The molecule has 0 atom stereocenters. The zero-order valence-corrected chi connectivity index (χ0v) is 14.7. The minimum atomic E-state index is -0.119. The molecule has 0 saturated heterocycles. The summed E-state index contributed by atoms with van der Waals surface area (Å²) in [6.07, 6.45) is 3.43. The number of nitrogens with one attached hydrogen (secondary N) is 1. The van der Waals surface area contributed by atoms with Crippen molar-refractivity contribution in [2.75, 3.05) is 5.32 Å². The highest BCUT2D eigenvalue weighted by molar-refractivity contribution is 7.13. The highest BCUT2D eigenvalue weighted by Crippen LogP contribution is 2.24. The Kier molecular flexibility index (Phi) is 4.37. The lowest BCUT2D eigenvalue weighted by Crippen LogP contribution is -2.14. The van der Waals surface area contributed by atoms with Gasteiger partial charge >= 0.3 is 0 Å². The second kappa shape index (κ2) is 6.97. The predicted octanol–water partition coefficient (Wildman–Crippen LogP) is 4.55. The molecular weight excluding hydrogens is 350 g/mol. The van der Waals surface area contributed by atoms with Crippen molar-refractivity contribution < 1.29 is 13.6 Å². The number of carbonyl (C=O) groups excluding carboxylic acids is 1. The number of aryl methyl sites for hydroxylation is 1. The minimum absolute atomic E-state index is 0.119. The van der Waals surface area contributed by atoms with E-state index in [0.717, 1.165) is 22.0 Å². The highest BCUT2D eigenvalue weighted by atomic mass is 32.1. The number of aromatic nitrogens is 2. The van der Waals surface area contributed by atoms with Crippen LogP contribution in [0, 0.1) is 6.92 Å². The van der Waals surface area contributed by atoms with Gasteiger partial charge in [0.25, 0.3) is 0 Å². The van der Waals surface area contributed by atoms with Crippen LogP contribution in [-0.4, -0.2) is 15.9 Å². The molecule has 1 aromatic carbocycles. The van der Waals surface area contributed by atoms with Crippen molar-refractivity contribution >= 4 is 22.9 Å². The zero-order valence-electron chi connectivity index (χ0n) is 13.9. The number of hydrogen-bond donors (Lipinski definition) is 1. The monoisotopic (exact) mass is 365 g/mol. The zero-order chi connectivity index (χ0) is 17.9. The summed E-state index contributed by atoms with van der Waals surface area (Å²) in [5.41, 5.74) is 3.14. The van der Waals surface area contributed by atoms with Gasteiger partial charge in [0.1, 0.15) is 12.0 Å². The third-order valence-corrected chi connectivity index (χ3v) is 4.61. The second-order valence-corrected chi connectivity index (χ2v) is 6.53. The lowest BCUT2D eigenvalue weighted by Gasteiger charge is -2.04. The molecule has 0 aliphatic carbocycles. The molecule has 4 rings (SSSR count). The fraction of sp³-hybridized carbons (Fsp3) is 0.105. The molecule has 3 heterocycles. The summed E-state index contributed by atoms with van der Waals surface area (Å²) in [5, 5.41) is 5.51. The second-order valence-electron chi connectivity index (χ2n) is 5.68. The third kappa shape index (κ3) is 3.57. The van der Waals surface area contributed by atoms with Crippen molar-refractivity contribution in [1.82, 2.24) is 9.97 Å². The summed E-state index contributed by atoms with van der Waals surface area (Å²) in [7, 11) is 0. The van der Waals surface area contributed by atoms with E-state index in [-0.39, 0.29) is 12.3 Å². The maximum absolute atomic E-state index is 12.2. The van der Waals surface area contributed by atoms with Crippen LogP contribution < -0.4 is 5.32 Å². The van der Waals surface area contributed by atoms with E-state index in [1.54, 1.807) is 19.5 Å². The van der Waals surface area contributed by atoms with Gasteiger partial charge in [-0.3, -0.25) is 4.79 Å². The SMILES string of the molecule is Cc1nc(-c2ccc(NC(=O)Cc3csc(-c4ccco4)n3)cc2)co1. The van der Waals surface area contributed by atoms with Gasteiger partial charge in [-0.05, 0) is 24.3 Å². The number of rotatable bonds is 5. The number of benzene rings is 1. The van der Waals surface area contributed by atoms with E-state index in [2.05, 4.69) is 15.3 Å². The Balaban J connectivity index is 1.39. The largest absolute Gasteiger partial charge is 0.462 e. The Morgan fingerprint density at radius 3 is 2.69 bits per heavy atom. The normalized spacial score (nSPS) is 10.8. The van der Waals surface area contributed by atoms with Crippen LogP contribution in [0.5, 0.6) is 0 Å². The molecule has 0 spiro atoms. The van der Waals surface area contributed by atoms with Crippen molar-refractivity contribution in [2.24, 2.45) is 0 Å². The van der Waals surface area contributed by atoms with Crippen LogP contribution >= 0.6 is 11.3 Å². The summed E-state index contributed by atoms with van der Waals surface area (Å²) in [6.45, 7) is 1.80. The first kappa shape index (κ1) is 16.3. The average Bonchev–Trinajstić information content (AvgIpc) is 3.36. The van der Waals surface area contributed by atoms with Crippen molar-refractivity contribution in [1.29, 1.82) is 0 Å². The van der Waals surface area contributed by atoms with Gasteiger partial charge in [-0.15, -0.1) is 11.3 Å². The fourth-order valence-electron chi connectivity index (χ4n) is 2.49. The highest BCUT2D eigenvalue weighted by Gasteiger charge is 2.11. The molecule has 6 nitrogen and oxygen atoms in total. The van der Waals surface area contributed by atoms with E-state index in [1.165, 1.54) is 11.3 Å². The van der Waals surface area contributed by atoms with E-state index in [4.69, 9.17) is 8.83 Å². The molecule has 1 N–H and O–H groups in total. The van der Waals surface area contributed by atoms with Crippen LogP contribution in [0.3, 0.4) is 0 Å². The standard InChI is InChI=1S/C19H15N3O3S/c1-12-20-16(10-25-12)13-4-6-14(7-5-13)21-18(23)9-15-11-26-19(22-15)17-3-2-8-24-17/h2-8,10-11H,9H2,1H3,(H,21,23). The molecule has 3 aromatic heterocycles. The summed E-state index contributed by atoms with van der Waals surface area (Å²) in [5.74, 6) is 1.21. The van der Waals surface area contributed by atoms with Crippen LogP contribution in [0.4, 0.5) is 5.69 Å². The number of anilines is 1. The molecule has 0 saturated carbocycles. The van der Waals surface area contributed by atoms with Gasteiger partial charge in [0.2, 0.25) is 5.91 Å². The average molecular weight is 365 g/mol. The maximum Gasteiger partial charge on any atom is 0.230 e. The smallest absolute Gasteiger partial charge is 0.230 e. The quantitative estimate of drug-likeness (QED) is 0.561. The summed E-state index contributed by atoms with van der Waals surface area (Å²) in [4.78, 5) is 21.0. The van der Waals surface area contributed by atoms with Gasteiger partial charge in [0.15, 0.2) is 16.7 Å². The Morgan fingerprint density at radius 1 is 1.15 bits per heavy atom. The summed E-state index contributed by atoms with van der Waals surface area (Å²) in [6, 6.07) is 11.1. The molecule has 0 unspecified atom stereocenters. The molecular formula is C19H15N3O3S. The first-order chi connectivity index (χ1) is 12.7. The number of hydrogen-bond acceptors (Lipinski definition) is 6. The number of amides is 1. The topological polar surface area (TPSA) is 81.2 Å². The summed E-state index contributed by atoms with van der Waals surface area (Å²) < 4.78 is 10.5. The van der Waals surface area contributed by atoms with E-state index in [9.17, 15) is 4.79 Å². The van der Waals surface area contributed by atoms with Gasteiger partial charge in [0, 0.05) is 23.6 Å². The van der Waals surface area contributed by atoms with E-state index >= 15 is 0 Å². The van der Waals surface area contributed by atoms with E-state index in [1.807, 2.05) is 41.8 Å². The Labute approximate surface area is 153 Å². The third-order valence-electron chi connectivity index (χ3n) is 3.71. The number of carbonyl (C=O) groups is 1. The summed E-state index contributed by atoms with van der Waals surface area (Å²) >= 11 is 1.46. The van der Waals surface area contributed by atoms with Gasteiger partial charge in [-0.2, -0.15) is 0 Å². The number of nitrogens with zero attached hydrogens (tertiary/aromatic N) is 2. The van der Waals surface area contributed by atoms with Crippen LogP contribution in [0.2, 0.25) is 0 Å². The van der Waals surface area contributed by atoms with Crippen LogP contribution in [0.1, 0.15) is 11.6 Å². The fourth-order valence-corrected chi connectivity index (χ4v) is 3.28. The van der Waals surface area contributed by atoms with E-state index in [0.29, 0.717) is 17.3 Å². The molecule has 1 amide bonds. The van der Waals surface area contributed by atoms with Gasteiger partial charge in [-0.25, -0.2) is 9.97 Å². The van der Waals surface area contributed by atoms with Gasteiger partial charge < -0.3 is 14.2 Å². The lowest BCUT2D eigenvalue weighted by atomic mass is 10.1. The van der Waals surface area contributed by atoms with Crippen LogP contribution in [0.15, 0.2) is 63.1 Å². The molecule has 130 valence electrons. The Morgan fingerprint density at radius 2 is 2.00 bits per heavy atom. The van der Waals surface area contributed by atoms with E-state index < -0.39 is 0 Å². The minimum Gasteiger partial charge on any atom is -0.462 e. The van der Waals surface area contributed by atoms with Crippen LogP contribution in [0.25, 0.3) is 22.0 Å². The molecule has 0 aliphatic rings. The molecule has 0 bridgehead atoms. The molecule has 0 aliphatic heterocycles. The lowest BCUT2D eigenvalue weighted by molar-refractivity contribution is -0.115. The molecule has 26 heavy (non-hydrogen) atoms. The number of oxazole rings is 1. The molecule has 0 radical (unpaired) electrons. The molecule has 7 heteroatoms. The predicted molar refractivity (Wildman–Crippen MR) is 98.8 cm³/mol. The number of thiazole rings is 1. The first-order valence-electron chi connectivity index (χ1n) is 7.98. The first-order valence-corrected chi connectivity index (χ1v) is 8.86. The molecule has 4 aromatic rings. The van der Waals surface area contributed by atoms with Crippen LogP contribution in [-0.2, 0) is 11.2 Å². The van der Waals surface area contributed by atoms with Crippen molar-refractivity contribution in [2.45, 2.75) is 13.3 Å². The van der Waals surface area contributed by atoms with Crippen molar-refractivity contribution in [3.63, 3.8) is 0 Å². The van der Waals surface area contributed by atoms with Crippen molar-refractivity contribution in [3.8, 4) is 22.0 Å². The Hall–Kier alpha value is -3.19.